The summed E-state index contributed by atoms with van der Waals surface area (Å²) in [5.74, 6) is 0. The van der Waals surface area contributed by atoms with Crippen molar-refractivity contribution in [3.05, 3.63) is 35.4 Å². The van der Waals surface area contributed by atoms with Gasteiger partial charge in [0, 0.05) is 25.2 Å². The Morgan fingerprint density at radius 1 is 1.30 bits per heavy atom. The third kappa shape index (κ3) is 4.07. The van der Waals surface area contributed by atoms with E-state index in [2.05, 4.69) is 55.4 Å². The number of hydrogen-bond donors (Lipinski definition) is 1. The second-order valence-electron chi connectivity index (χ2n) is 6.19. The summed E-state index contributed by atoms with van der Waals surface area (Å²) in [6.45, 7) is 6.78. The number of rotatable bonds is 6. The smallest absolute Gasteiger partial charge is 0.0323 e. The molecule has 0 saturated carbocycles. The molecule has 0 saturated heterocycles. The maximum atomic E-state index is 3.79. The lowest BCUT2D eigenvalue weighted by Gasteiger charge is -2.25. The molecule has 0 spiro atoms. The third-order valence-electron chi connectivity index (χ3n) is 4.82. The number of nitrogens with zero attached hydrogens (tertiary/aromatic N) is 1. The molecule has 1 N–H and O–H groups in total. The maximum absolute atomic E-state index is 3.79. The van der Waals surface area contributed by atoms with E-state index in [-0.39, 0.29) is 0 Å². The van der Waals surface area contributed by atoms with Gasteiger partial charge in [-0.05, 0) is 50.8 Å². The van der Waals surface area contributed by atoms with E-state index in [1.807, 2.05) is 0 Å². The van der Waals surface area contributed by atoms with Crippen LogP contribution < -0.4 is 5.32 Å². The predicted molar refractivity (Wildman–Crippen MR) is 87.1 cm³/mol. The number of hydrogen-bond acceptors (Lipinski definition) is 2. The number of nitrogens with one attached hydrogen (secondary N) is 1. The standard InChI is InChI=1S/C18H30N2/c1-4-15(2)20(3)14-13-19-18-12-8-6-10-16-9-5-7-11-17(16)18/h5,7,9,11,15,18-19H,4,6,8,10,12-14H2,1-3H3. The van der Waals surface area contributed by atoms with Gasteiger partial charge in [0.25, 0.3) is 0 Å². The van der Waals surface area contributed by atoms with Crippen molar-refractivity contribution in [3.8, 4) is 0 Å². The van der Waals surface area contributed by atoms with Gasteiger partial charge in [0.15, 0.2) is 0 Å². The van der Waals surface area contributed by atoms with Gasteiger partial charge in [0.05, 0.1) is 0 Å². The molecule has 0 aromatic heterocycles. The quantitative estimate of drug-likeness (QED) is 0.794. The summed E-state index contributed by atoms with van der Waals surface area (Å²) in [6, 6.07) is 10.2. The first-order valence-corrected chi connectivity index (χ1v) is 8.23. The highest BCUT2D eigenvalue weighted by molar-refractivity contribution is 5.31. The zero-order valence-corrected chi connectivity index (χ0v) is 13.4. The van der Waals surface area contributed by atoms with Crippen LogP contribution in [0.4, 0.5) is 0 Å². The van der Waals surface area contributed by atoms with Crippen LogP contribution in [0, 0.1) is 0 Å². The third-order valence-corrected chi connectivity index (χ3v) is 4.82. The highest BCUT2D eigenvalue weighted by atomic mass is 15.1. The van der Waals surface area contributed by atoms with E-state index in [0.717, 1.165) is 13.1 Å². The van der Waals surface area contributed by atoms with E-state index >= 15 is 0 Å². The maximum Gasteiger partial charge on any atom is 0.0323 e. The number of aryl methyl sites for hydroxylation is 1. The van der Waals surface area contributed by atoms with Gasteiger partial charge >= 0.3 is 0 Å². The van der Waals surface area contributed by atoms with Crippen LogP contribution in [-0.4, -0.2) is 31.1 Å². The summed E-state index contributed by atoms with van der Waals surface area (Å²) in [4.78, 5) is 2.45. The Hall–Kier alpha value is -0.860. The van der Waals surface area contributed by atoms with E-state index in [4.69, 9.17) is 0 Å². The molecular formula is C18H30N2. The molecule has 2 nitrogen and oxygen atoms in total. The minimum Gasteiger partial charge on any atom is -0.309 e. The first-order chi connectivity index (χ1) is 9.72. The van der Waals surface area contributed by atoms with Crippen LogP contribution >= 0.6 is 0 Å². The van der Waals surface area contributed by atoms with Gasteiger partial charge in [-0.25, -0.2) is 0 Å². The average molecular weight is 274 g/mol. The van der Waals surface area contributed by atoms with Crippen molar-refractivity contribution in [2.75, 3.05) is 20.1 Å². The van der Waals surface area contributed by atoms with E-state index in [0.29, 0.717) is 12.1 Å². The Morgan fingerprint density at radius 3 is 2.90 bits per heavy atom. The summed E-state index contributed by atoms with van der Waals surface area (Å²) >= 11 is 0. The van der Waals surface area contributed by atoms with Crippen molar-refractivity contribution in [2.24, 2.45) is 0 Å². The lowest BCUT2D eigenvalue weighted by atomic mass is 9.99. The summed E-state index contributed by atoms with van der Waals surface area (Å²) in [5.41, 5.74) is 3.09. The van der Waals surface area contributed by atoms with Crippen LogP contribution in [0.5, 0.6) is 0 Å². The van der Waals surface area contributed by atoms with Gasteiger partial charge in [0.1, 0.15) is 0 Å². The van der Waals surface area contributed by atoms with Crippen LogP contribution in [0.3, 0.4) is 0 Å². The zero-order valence-electron chi connectivity index (χ0n) is 13.4. The fourth-order valence-electron chi connectivity index (χ4n) is 3.08. The Morgan fingerprint density at radius 2 is 2.10 bits per heavy atom. The first kappa shape index (κ1) is 15.5. The highest BCUT2D eigenvalue weighted by Crippen LogP contribution is 2.28. The van der Waals surface area contributed by atoms with Crippen molar-refractivity contribution >= 4 is 0 Å². The predicted octanol–water partition coefficient (Wildman–Crippen LogP) is 3.77. The summed E-state index contributed by atoms with van der Waals surface area (Å²) in [6.07, 6.45) is 6.43. The van der Waals surface area contributed by atoms with E-state index in [1.54, 1.807) is 5.56 Å². The molecule has 1 aromatic rings. The van der Waals surface area contributed by atoms with Crippen molar-refractivity contribution in [2.45, 2.75) is 58.0 Å². The molecule has 1 aliphatic rings. The Bertz CT molecular complexity index is 402. The normalized spacial score (nSPS) is 20.5. The van der Waals surface area contributed by atoms with Crippen molar-refractivity contribution in [1.82, 2.24) is 10.2 Å². The summed E-state index contributed by atoms with van der Waals surface area (Å²) in [7, 11) is 2.23. The van der Waals surface area contributed by atoms with Crippen molar-refractivity contribution in [1.29, 1.82) is 0 Å². The molecule has 2 heteroatoms. The summed E-state index contributed by atoms with van der Waals surface area (Å²) < 4.78 is 0. The van der Waals surface area contributed by atoms with Gasteiger partial charge < -0.3 is 10.2 Å². The van der Waals surface area contributed by atoms with Crippen LogP contribution in [0.2, 0.25) is 0 Å². The van der Waals surface area contributed by atoms with Crippen LogP contribution in [0.1, 0.15) is 56.7 Å². The molecule has 1 aromatic carbocycles. The fraction of sp³-hybridized carbons (Fsp3) is 0.667. The van der Waals surface area contributed by atoms with Gasteiger partial charge in [-0.2, -0.15) is 0 Å². The molecular weight excluding hydrogens is 244 g/mol. The largest absolute Gasteiger partial charge is 0.309 e. The minimum absolute atomic E-state index is 0.555. The van der Waals surface area contributed by atoms with Gasteiger partial charge in [-0.3, -0.25) is 0 Å². The van der Waals surface area contributed by atoms with Crippen LogP contribution in [0.15, 0.2) is 24.3 Å². The van der Waals surface area contributed by atoms with E-state index in [1.165, 1.54) is 37.7 Å². The number of likely N-dealkylation sites (N-methyl/N-ethyl adjacent to an activating group) is 1. The monoisotopic (exact) mass is 274 g/mol. The Kier molecular flexibility index (Phi) is 6.06. The highest BCUT2D eigenvalue weighted by Gasteiger charge is 2.17. The Labute approximate surface area is 124 Å². The van der Waals surface area contributed by atoms with Crippen LogP contribution in [-0.2, 0) is 6.42 Å². The number of fused-ring (bicyclic) bond motifs is 1. The van der Waals surface area contributed by atoms with Crippen molar-refractivity contribution in [3.63, 3.8) is 0 Å². The lowest BCUT2D eigenvalue weighted by molar-refractivity contribution is 0.247. The second-order valence-corrected chi connectivity index (χ2v) is 6.19. The molecule has 20 heavy (non-hydrogen) atoms. The molecule has 2 rings (SSSR count). The van der Waals surface area contributed by atoms with Gasteiger partial charge in [-0.15, -0.1) is 0 Å². The van der Waals surface area contributed by atoms with Gasteiger partial charge in [0.2, 0.25) is 0 Å². The lowest BCUT2D eigenvalue weighted by Crippen LogP contribution is -2.36. The minimum atomic E-state index is 0.555. The molecule has 0 radical (unpaired) electrons. The van der Waals surface area contributed by atoms with E-state index < -0.39 is 0 Å². The Balaban J connectivity index is 1.89. The molecule has 0 bridgehead atoms. The van der Waals surface area contributed by atoms with Crippen molar-refractivity contribution < 1.29 is 0 Å². The number of benzene rings is 1. The first-order valence-electron chi connectivity index (χ1n) is 8.23. The average Bonchev–Trinajstić information content (AvgIpc) is 2.69. The molecule has 112 valence electrons. The molecule has 0 heterocycles. The molecule has 0 aliphatic heterocycles. The molecule has 0 fully saturated rings. The molecule has 1 aliphatic carbocycles. The topological polar surface area (TPSA) is 15.3 Å². The summed E-state index contributed by atoms with van der Waals surface area (Å²) in [5, 5.41) is 3.79. The molecule has 0 amide bonds. The van der Waals surface area contributed by atoms with Gasteiger partial charge in [-0.1, -0.05) is 37.6 Å². The zero-order chi connectivity index (χ0) is 14.4. The van der Waals surface area contributed by atoms with Crippen LogP contribution in [0.25, 0.3) is 0 Å². The SMILES string of the molecule is CCC(C)N(C)CCNC1CCCCc2ccccc21. The second kappa shape index (κ2) is 7.80. The van der Waals surface area contributed by atoms with E-state index in [9.17, 15) is 0 Å². The fourth-order valence-corrected chi connectivity index (χ4v) is 3.08. The molecule has 2 unspecified atom stereocenters. The molecule has 2 atom stereocenters.